The molecule has 2 N–H and O–H groups in total. The summed E-state index contributed by atoms with van der Waals surface area (Å²) in [4.78, 5) is 5.26. The lowest BCUT2D eigenvalue weighted by atomic mass is 10.0. The fourth-order valence-electron chi connectivity index (χ4n) is 3.43. The van der Waals surface area contributed by atoms with E-state index in [0.29, 0.717) is 6.04 Å². The van der Waals surface area contributed by atoms with Crippen molar-refractivity contribution in [1.82, 2.24) is 9.80 Å². The van der Waals surface area contributed by atoms with Crippen LogP contribution in [-0.2, 0) is 0 Å². The van der Waals surface area contributed by atoms with E-state index in [9.17, 15) is 0 Å². The van der Waals surface area contributed by atoms with Crippen molar-refractivity contribution in [2.24, 2.45) is 5.73 Å². The van der Waals surface area contributed by atoms with Crippen molar-refractivity contribution in [2.75, 3.05) is 33.2 Å². The van der Waals surface area contributed by atoms with Crippen molar-refractivity contribution in [3.63, 3.8) is 0 Å². The molecule has 100 valence electrons. The smallest absolute Gasteiger partial charge is 0.0232 e. The molecule has 2 fully saturated rings. The highest BCUT2D eigenvalue weighted by molar-refractivity contribution is 4.85. The van der Waals surface area contributed by atoms with Crippen LogP contribution < -0.4 is 5.73 Å². The zero-order valence-electron chi connectivity index (χ0n) is 11.4. The topological polar surface area (TPSA) is 32.5 Å². The summed E-state index contributed by atoms with van der Waals surface area (Å²) in [6.45, 7) is 4.56. The summed E-state index contributed by atoms with van der Waals surface area (Å²) < 4.78 is 0. The monoisotopic (exact) mass is 239 g/mol. The first kappa shape index (κ1) is 13.3. The van der Waals surface area contributed by atoms with E-state index >= 15 is 0 Å². The third kappa shape index (κ3) is 3.67. The molecule has 0 bridgehead atoms. The minimum absolute atomic E-state index is 0.692. The largest absolute Gasteiger partial charge is 0.330 e. The van der Waals surface area contributed by atoms with Crippen LogP contribution in [0.4, 0.5) is 0 Å². The number of piperazine rings is 1. The lowest BCUT2D eigenvalue weighted by Gasteiger charge is -2.43. The van der Waals surface area contributed by atoms with Gasteiger partial charge in [-0.2, -0.15) is 0 Å². The first-order valence-corrected chi connectivity index (χ1v) is 7.45. The molecule has 1 heterocycles. The van der Waals surface area contributed by atoms with Crippen molar-refractivity contribution in [2.45, 2.75) is 57.0 Å². The number of likely N-dealkylation sites (N-methyl/N-ethyl adjacent to an activating group) is 1. The third-order valence-electron chi connectivity index (χ3n) is 4.65. The van der Waals surface area contributed by atoms with Gasteiger partial charge >= 0.3 is 0 Å². The highest BCUT2D eigenvalue weighted by atomic mass is 15.3. The molecular formula is C14H29N3. The summed E-state index contributed by atoms with van der Waals surface area (Å²) in [6, 6.07) is 1.56. The van der Waals surface area contributed by atoms with Crippen molar-refractivity contribution >= 4 is 0 Å². The molecule has 0 aromatic rings. The maximum atomic E-state index is 5.73. The summed E-state index contributed by atoms with van der Waals surface area (Å²) in [5.41, 5.74) is 5.73. The molecule has 17 heavy (non-hydrogen) atoms. The van der Waals surface area contributed by atoms with Crippen LogP contribution in [0.5, 0.6) is 0 Å². The Morgan fingerprint density at radius 3 is 2.41 bits per heavy atom. The second-order valence-electron chi connectivity index (χ2n) is 5.85. The van der Waals surface area contributed by atoms with E-state index in [2.05, 4.69) is 16.8 Å². The third-order valence-corrected chi connectivity index (χ3v) is 4.65. The summed E-state index contributed by atoms with van der Waals surface area (Å²) >= 11 is 0. The van der Waals surface area contributed by atoms with Gasteiger partial charge in [0.05, 0.1) is 0 Å². The maximum absolute atomic E-state index is 5.73. The van der Waals surface area contributed by atoms with Gasteiger partial charge in [-0.25, -0.2) is 0 Å². The number of rotatable bonds is 3. The fourth-order valence-corrected chi connectivity index (χ4v) is 3.43. The SMILES string of the molecule is CN1CCN(C2CCCCCC2)CC1CCN. The van der Waals surface area contributed by atoms with Crippen LogP contribution in [0, 0.1) is 0 Å². The summed E-state index contributed by atoms with van der Waals surface area (Å²) in [5.74, 6) is 0. The van der Waals surface area contributed by atoms with Crippen LogP contribution in [0.1, 0.15) is 44.9 Å². The van der Waals surface area contributed by atoms with Gasteiger partial charge in [0.25, 0.3) is 0 Å². The number of hydrogen-bond donors (Lipinski definition) is 1. The lowest BCUT2D eigenvalue weighted by molar-refractivity contribution is 0.0561. The van der Waals surface area contributed by atoms with Gasteiger partial charge in [-0.15, -0.1) is 0 Å². The Bertz CT molecular complexity index is 212. The molecule has 2 aliphatic rings. The van der Waals surface area contributed by atoms with Gasteiger partial charge in [-0.05, 0) is 32.9 Å². The molecule has 1 aliphatic carbocycles. The molecule has 0 spiro atoms. The molecule has 1 saturated carbocycles. The molecule has 0 amide bonds. The standard InChI is InChI=1S/C14H29N3/c1-16-10-11-17(12-14(16)8-9-15)13-6-4-2-3-5-7-13/h13-14H,2-12,15H2,1H3. The number of nitrogens with two attached hydrogens (primary N) is 1. The molecule has 3 nitrogen and oxygen atoms in total. The predicted octanol–water partition coefficient (Wildman–Crippen LogP) is 1.67. The van der Waals surface area contributed by atoms with Crippen LogP contribution in [-0.4, -0.2) is 55.1 Å². The Labute approximate surface area is 106 Å². The highest BCUT2D eigenvalue weighted by Gasteiger charge is 2.28. The first-order chi connectivity index (χ1) is 8.31. The van der Waals surface area contributed by atoms with Crippen molar-refractivity contribution in [3.8, 4) is 0 Å². The first-order valence-electron chi connectivity index (χ1n) is 7.45. The Balaban J connectivity index is 1.87. The Morgan fingerprint density at radius 1 is 1.06 bits per heavy atom. The van der Waals surface area contributed by atoms with E-state index in [1.54, 1.807) is 0 Å². The Hall–Kier alpha value is -0.120. The van der Waals surface area contributed by atoms with Gasteiger partial charge < -0.3 is 10.6 Å². The van der Waals surface area contributed by atoms with Gasteiger partial charge in [0.15, 0.2) is 0 Å². The van der Waals surface area contributed by atoms with E-state index < -0.39 is 0 Å². The molecule has 3 heteroatoms. The van der Waals surface area contributed by atoms with Crippen LogP contribution >= 0.6 is 0 Å². The molecule has 1 aliphatic heterocycles. The van der Waals surface area contributed by atoms with Gasteiger partial charge in [0.2, 0.25) is 0 Å². The molecule has 0 radical (unpaired) electrons. The average molecular weight is 239 g/mol. The van der Waals surface area contributed by atoms with Gasteiger partial charge in [-0.1, -0.05) is 25.7 Å². The normalized spacial score (nSPS) is 30.4. The lowest BCUT2D eigenvalue weighted by Crippen LogP contribution is -2.54. The van der Waals surface area contributed by atoms with Crippen LogP contribution in [0.25, 0.3) is 0 Å². The molecule has 1 saturated heterocycles. The van der Waals surface area contributed by atoms with Gasteiger partial charge in [-0.3, -0.25) is 4.90 Å². The molecule has 0 aromatic heterocycles. The van der Waals surface area contributed by atoms with Crippen molar-refractivity contribution < 1.29 is 0 Å². The predicted molar refractivity (Wildman–Crippen MR) is 73.2 cm³/mol. The fraction of sp³-hybridized carbons (Fsp3) is 1.00. The van der Waals surface area contributed by atoms with E-state index in [-0.39, 0.29) is 0 Å². The minimum Gasteiger partial charge on any atom is -0.330 e. The number of hydrogen-bond acceptors (Lipinski definition) is 3. The van der Waals surface area contributed by atoms with Crippen molar-refractivity contribution in [3.05, 3.63) is 0 Å². The molecule has 1 atom stereocenters. The second kappa shape index (κ2) is 6.72. The summed E-state index contributed by atoms with van der Waals surface area (Å²) in [7, 11) is 2.25. The minimum atomic E-state index is 0.692. The van der Waals surface area contributed by atoms with Gasteiger partial charge in [0, 0.05) is 31.7 Å². The molecule has 0 aromatic carbocycles. The zero-order valence-corrected chi connectivity index (χ0v) is 11.4. The molecular weight excluding hydrogens is 210 g/mol. The van der Waals surface area contributed by atoms with Crippen LogP contribution in [0.15, 0.2) is 0 Å². The quantitative estimate of drug-likeness (QED) is 0.761. The van der Waals surface area contributed by atoms with E-state index in [0.717, 1.165) is 19.0 Å². The summed E-state index contributed by atoms with van der Waals surface area (Å²) in [5, 5.41) is 0. The van der Waals surface area contributed by atoms with E-state index in [1.807, 2.05) is 0 Å². The van der Waals surface area contributed by atoms with Crippen LogP contribution in [0.3, 0.4) is 0 Å². The van der Waals surface area contributed by atoms with E-state index in [4.69, 9.17) is 5.73 Å². The summed E-state index contributed by atoms with van der Waals surface area (Å²) in [6.07, 6.45) is 9.81. The Morgan fingerprint density at radius 2 is 1.76 bits per heavy atom. The maximum Gasteiger partial charge on any atom is 0.0232 e. The van der Waals surface area contributed by atoms with E-state index in [1.165, 1.54) is 58.2 Å². The zero-order chi connectivity index (χ0) is 12.1. The Kier molecular flexibility index (Phi) is 5.26. The van der Waals surface area contributed by atoms with Crippen LogP contribution in [0.2, 0.25) is 0 Å². The average Bonchev–Trinajstić information content (AvgIpc) is 2.61. The molecule has 1 unspecified atom stereocenters. The number of nitrogens with zero attached hydrogens (tertiary/aromatic N) is 2. The highest BCUT2D eigenvalue weighted by Crippen LogP contribution is 2.24. The van der Waals surface area contributed by atoms with Crippen molar-refractivity contribution in [1.29, 1.82) is 0 Å². The molecule has 2 rings (SSSR count). The van der Waals surface area contributed by atoms with Gasteiger partial charge in [0.1, 0.15) is 0 Å². The second-order valence-corrected chi connectivity index (χ2v) is 5.85.